The minimum Gasteiger partial charge on any atom is -0.465 e. The van der Waals surface area contributed by atoms with Gasteiger partial charge in [-0.2, -0.15) is 0 Å². The van der Waals surface area contributed by atoms with Gasteiger partial charge in [-0.1, -0.05) is 24.3 Å². The molecule has 3 nitrogen and oxygen atoms in total. The highest BCUT2D eigenvalue weighted by molar-refractivity contribution is 6.07. The van der Waals surface area contributed by atoms with Gasteiger partial charge in [-0.15, -0.1) is 0 Å². The second kappa shape index (κ2) is 4.45. The zero-order valence-corrected chi connectivity index (χ0v) is 10.2. The van der Waals surface area contributed by atoms with Crippen LogP contribution in [0.15, 0.2) is 36.4 Å². The lowest BCUT2D eigenvalue weighted by Gasteiger charge is -2.16. The Balaban J connectivity index is 2.74. The summed E-state index contributed by atoms with van der Waals surface area (Å²) in [6.07, 6.45) is 0. The van der Waals surface area contributed by atoms with Crippen molar-refractivity contribution in [3.05, 3.63) is 42.0 Å². The van der Waals surface area contributed by atoms with Crippen molar-refractivity contribution in [1.82, 2.24) is 0 Å². The number of carbonyl (C=O) groups excluding carboxylic acids is 1. The summed E-state index contributed by atoms with van der Waals surface area (Å²) in [5, 5.41) is 1.98. The number of hydrogen-bond donors (Lipinski definition) is 0. The van der Waals surface area contributed by atoms with Crippen molar-refractivity contribution in [2.45, 2.75) is 0 Å². The number of esters is 1. The van der Waals surface area contributed by atoms with Gasteiger partial charge in [0.2, 0.25) is 0 Å². The normalized spacial score (nSPS) is 10.3. The van der Waals surface area contributed by atoms with Crippen LogP contribution in [0.2, 0.25) is 0 Å². The fourth-order valence-corrected chi connectivity index (χ4v) is 1.97. The molecule has 88 valence electrons. The van der Waals surface area contributed by atoms with Crippen LogP contribution in [0, 0.1) is 0 Å². The minimum absolute atomic E-state index is 0.300. The molecule has 2 aromatic rings. The van der Waals surface area contributed by atoms with Crippen LogP contribution in [-0.4, -0.2) is 27.2 Å². The summed E-state index contributed by atoms with van der Waals surface area (Å²) in [5.41, 5.74) is 1.70. The molecule has 0 unspecified atom stereocenters. The number of methoxy groups -OCH3 is 1. The second-order valence-electron chi connectivity index (χ2n) is 4.06. The lowest BCUT2D eigenvalue weighted by molar-refractivity contribution is 0.0603. The number of carbonyl (C=O) groups is 1. The Bertz CT molecular complexity index is 561. The molecule has 17 heavy (non-hydrogen) atoms. The molecule has 0 aliphatic rings. The average Bonchev–Trinajstić information content (AvgIpc) is 2.36. The third kappa shape index (κ3) is 1.96. The van der Waals surface area contributed by atoms with Crippen LogP contribution in [0.3, 0.4) is 0 Å². The fraction of sp³-hybridized carbons (Fsp3) is 0.214. The molecule has 3 heteroatoms. The SMILES string of the molecule is COC(=O)c1cccc2c(N(C)C)cccc12. The van der Waals surface area contributed by atoms with Gasteiger partial charge in [0.15, 0.2) is 0 Å². The van der Waals surface area contributed by atoms with E-state index in [2.05, 4.69) is 0 Å². The van der Waals surface area contributed by atoms with E-state index >= 15 is 0 Å². The zero-order chi connectivity index (χ0) is 12.4. The van der Waals surface area contributed by atoms with E-state index in [0.29, 0.717) is 5.56 Å². The molecule has 0 N–H and O–H groups in total. The molecule has 0 aliphatic heterocycles. The van der Waals surface area contributed by atoms with Crippen LogP contribution in [-0.2, 0) is 4.74 Å². The second-order valence-corrected chi connectivity index (χ2v) is 4.06. The van der Waals surface area contributed by atoms with Crippen LogP contribution < -0.4 is 4.90 Å². The number of fused-ring (bicyclic) bond motifs is 1. The van der Waals surface area contributed by atoms with Crippen LogP contribution in [0.25, 0.3) is 10.8 Å². The van der Waals surface area contributed by atoms with E-state index in [1.807, 2.05) is 49.3 Å². The van der Waals surface area contributed by atoms with Gasteiger partial charge in [-0.25, -0.2) is 4.79 Å². The van der Waals surface area contributed by atoms with E-state index < -0.39 is 0 Å². The third-order valence-electron chi connectivity index (χ3n) is 2.79. The van der Waals surface area contributed by atoms with Crippen molar-refractivity contribution in [2.75, 3.05) is 26.1 Å². The Hall–Kier alpha value is -2.03. The molecular weight excluding hydrogens is 214 g/mol. The summed E-state index contributed by atoms with van der Waals surface area (Å²) in [5.74, 6) is -0.300. The van der Waals surface area contributed by atoms with E-state index in [4.69, 9.17) is 4.74 Å². The smallest absolute Gasteiger partial charge is 0.338 e. The number of anilines is 1. The molecule has 0 amide bonds. The maximum Gasteiger partial charge on any atom is 0.338 e. The number of benzene rings is 2. The Labute approximate surface area is 101 Å². The lowest BCUT2D eigenvalue weighted by Crippen LogP contribution is -2.09. The van der Waals surface area contributed by atoms with Gasteiger partial charge >= 0.3 is 5.97 Å². The zero-order valence-electron chi connectivity index (χ0n) is 10.2. The highest BCUT2D eigenvalue weighted by Gasteiger charge is 2.11. The Morgan fingerprint density at radius 2 is 1.71 bits per heavy atom. The number of rotatable bonds is 2. The molecule has 0 atom stereocenters. The standard InChI is InChI=1S/C14H15NO2/c1-15(2)13-9-5-6-10-11(13)7-4-8-12(10)14(16)17-3/h4-9H,1-3H3. The molecule has 2 rings (SSSR count). The van der Waals surface area contributed by atoms with Crippen molar-refractivity contribution in [3.8, 4) is 0 Å². The van der Waals surface area contributed by atoms with Gasteiger partial charge in [0.1, 0.15) is 0 Å². The summed E-state index contributed by atoms with van der Waals surface area (Å²) in [4.78, 5) is 13.7. The molecule has 0 heterocycles. The molecule has 2 aromatic carbocycles. The average molecular weight is 229 g/mol. The minimum atomic E-state index is -0.300. The van der Waals surface area contributed by atoms with Crippen molar-refractivity contribution >= 4 is 22.4 Å². The Morgan fingerprint density at radius 3 is 2.35 bits per heavy atom. The summed E-state index contributed by atoms with van der Waals surface area (Å²) < 4.78 is 4.79. The monoisotopic (exact) mass is 229 g/mol. The summed E-state index contributed by atoms with van der Waals surface area (Å²) in [6.45, 7) is 0. The third-order valence-corrected chi connectivity index (χ3v) is 2.79. The Kier molecular flexibility index (Phi) is 3.00. The van der Waals surface area contributed by atoms with Gasteiger partial charge in [-0.05, 0) is 17.5 Å². The van der Waals surface area contributed by atoms with Gasteiger partial charge in [0, 0.05) is 25.2 Å². The van der Waals surface area contributed by atoms with E-state index in [0.717, 1.165) is 16.5 Å². The summed E-state index contributed by atoms with van der Waals surface area (Å²) >= 11 is 0. The first-order valence-electron chi connectivity index (χ1n) is 5.42. The fourth-order valence-electron chi connectivity index (χ4n) is 1.97. The van der Waals surface area contributed by atoms with Crippen LogP contribution in [0.1, 0.15) is 10.4 Å². The molecule has 0 fully saturated rings. The van der Waals surface area contributed by atoms with Crippen molar-refractivity contribution in [1.29, 1.82) is 0 Å². The van der Waals surface area contributed by atoms with Crippen molar-refractivity contribution in [2.24, 2.45) is 0 Å². The van der Waals surface area contributed by atoms with E-state index in [1.165, 1.54) is 7.11 Å². The maximum atomic E-state index is 11.7. The van der Waals surface area contributed by atoms with Gasteiger partial charge < -0.3 is 9.64 Å². The first kappa shape index (κ1) is 11.5. The highest BCUT2D eigenvalue weighted by atomic mass is 16.5. The van der Waals surface area contributed by atoms with E-state index in [-0.39, 0.29) is 5.97 Å². The van der Waals surface area contributed by atoms with Gasteiger partial charge in [0.05, 0.1) is 12.7 Å². The molecular formula is C14H15NO2. The van der Waals surface area contributed by atoms with Gasteiger partial charge in [-0.3, -0.25) is 0 Å². The van der Waals surface area contributed by atoms with Crippen LogP contribution in [0.5, 0.6) is 0 Å². The molecule has 0 saturated carbocycles. The number of ether oxygens (including phenoxy) is 1. The first-order chi connectivity index (χ1) is 8.15. The Morgan fingerprint density at radius 1 is 1.06 bits per heavy atom. The predicted octanol–water partition coefficient (Wildman–Crippen LogP) is 2.69. The van der Waals surface area contributed by atoms with E-state index in [1.54, 1.807) is 6.07 Å². The van der Waals surface area contributed by atoms with Crippen LogP contribution >= 0.6 is 0 Å². The quantitative estimate of drug-likeness (QED) is 0.741. The number of hydrogen-bond acceptors (Lipinski definition) is 3. The summed E-state index contributed by atoms with van der Waals surface area (Å²) in [7, 11) is 5.37. The predicted molar refractivity (Wildman–Crippen MR) is 69.6 cm³/mol. The van der Waals surface area contributed by atoms with Crippen molar-refractivity contribution in [3.63, 3.8) is 0 Å². The van der Waals surface area contributed by atoms with Gasteiger partial charge in [0.25, 0.3) is 0 Å². The topological polar surface area (TPSA) is 29.5 Å². The molecule has 0 aliphatic carbocycles. The largest absolute Gasteiger partial charge is 0.465 e. The molecule has 0 bridgehead atoms. The van der Waals surface area contributed by atoms with Crippen molar-refractivity contribution < 1.29 is 9.53 Å². The molecule has 0 aromatic heterocycles. The maximum absolute atomic E-state index is 11.7. The summed E-state index contributed by atoms with van der Waals surface area (Å²) in [6, 6.07) is 11.6. The first-order valence-corrected chi connectivity index (χ1v) is 5.42. The molecule has 0 saturated heterocycles. The van der Waals surface area contributed by atoms with Crippen LogP contribution in [0.4, 0.5) is 5.69 Å². The lowest BCUT2D eigenvalue weighted by atomic mass is 10.0. The highest BCUT2D eigenvalue weighted by Crippen LogP contribution is 2.28. The van der Waals surface area contributed by atoms with E-state index in [9.17, 15) is 4.79 Å². The number of nitrogens with zero attached hydrogens (tertiary/aromatic N) is 1. The molecule has 0 radical (unpaired) electrons. The molecule has 0 spiro atoms.